The quantitative estimate of drug-likeness (QED) is 0.439. The Balaban J connectivity index is 4.29. The molecule has 0 amide bonds. The van der Waals surface area contributed by atoms with E-state index in [0.717, 1.165) is 0 Å². The Morgan fingerprint density at radius 2 is 1.75 bits per heavy atom. The maximum atomic E-state index is 10.9. The highest BCUT2D eigenvalue weighted by molar-refractivity contribution is 5.89. The van der Waals surface area contributed by atoms with Gasteiger partial charge in [-0.1, -0.05) is 6.58 Å². The van der Waals surface area contributed by atoms with Gasteiger partial charge in [0.25, 0.3) is 5.97 Å². The molecule has 0 N–H and O–H groups in total. The molecule has 0 aliphatic heterocycles. The molecule has 12 heavy (non-hydrogen) atoms. The van der Waals surface area contributed by atoms with Crippen molar-refractivity contribution in [3.63, 3.8) is 0 Å². The van der Waals surface area contributed by atoms with Crippen LogP contribution in [0.2, 0.25) is 0 Å². The van der Waals surface area contributed by atoms with Crippen LogP contribution in [0.3, 0.4) is 0 Å². The molecular weight excluding hydrogens is 160 g/mol. The molecule has 0 aromatic heterocycles. The van der Waals surface area contributed by atoms with Crippen molar-refractivity contribution in [1.82, 2.24) is 0 Å². The number of hydrogen-bond donors (Lipinski definition) is 0. The Morgan fingerprint density at radius 1 is 1.33 bits per heavy atom. The van der Waals surface area contributed by atoms with Crippen molar-refractivity contribution < 1.29 is 19.0 Å². The molecule has 0 bridgehead atoms. The number of methoxy groups -OCH3 is 3. The average Bonchev–Trinajstić information content (AvgIpc) is 2.14. The van der Waals surface area contributed by atoms with Crippen molar-refractivity contribution >= 4 is 5.78 Å². The summed E-state index contributed by atoms with van der Waals surface area (Å²) in [4.78, 5) is 10.9. The van der Waals surface area contributed by atoms with Crippen molar-refractivity contribution in [1.29, 1.82) is 0 Å². The third-order valence-corrected chi connectivity index (χ3v) is 1.55. The number of allylic oxidation sites excluding steroid dienone is 1. The van der Waals surface area contributed by atoms with Crippen molar-refractivity contribution in [3.8, 4) is 0 Å². The molecular formula is C8H14O4. The normalized spacial score (nSPS) is 11.2. The predicted molar refractivity (Wildman–Crippen MR) is 43.6 cm³/mol. The summed E-state index contributed by atoms with van der Waals surface area (Å²) in [6.45, 7) is 3.33. The molecule has 0 unspecified atom stereocenters. The van der Waals surface area contributed by atoms with Crippen LogP contribution >= 0.6 is 0 Å². The van der Waals surface area contributed by atoms with Crippen LogP contribution in [0.1, 0.15) is 6.42 Å². The fraction of sp³-hybridized carbons (Fsp3) is 0.625. The molecule has 0 radical (unpaired) electrons. The standard InChI is InChI=1S/C8H14O4/c1-5-7(9)6-8(10-2,11-3)12-4/h5H,1,6H2,2-4H3. The van der Waals surface area contributed by atoms with Gasteiger partial charge in [-0.05, 0) is 6.08 Å². The van der Waals surface area contributed by atoms with Crippen LogP contribution in [0.25, 0.3) is 0 Å². The molecule has 4 heteroatoms. The lowest BCUT2D eigenvalue weighted by Crippen LogP contribution is -2.37. The van der Waals surface area contributed by atoms with E-state index in [4.69, 9.17) is 14.2 Å². The van der Waals surface area contributed by atoms with Gasteiger partial charge in [-0.15, -0.1) is 0 Å². The van der Waals surface area contributed by atoms with E-state index in [2.05, 4.69) is 6.58 Å². The summed E-state index contributed by atoms with van der Waals surface area (Å²) in [5.74, 6) is -1.47. The summed E-state index contributed by atoms with van der Waals surface area (Å²) in [5.41, 5.74) is 0. The third-order valence-electron chi connectivity index (χ3n) is 1.55. The number of ether oxygens (including phenoxy) is 3. The number of carbonyl (C=O) groups is 1. The fourth-order valence-corrected chi connectivity index (χ4v) is 0.752. The molecule has 0 fully saturated rings. The van der Waals surface area contributed by atoms with E-state index < -0.39 is 5.97 Å². The maximum absolute atomic E-state index is 10.9. The maximum Gasteiger partial charge on any atom is 0.289 e. The van der Waals surface area contributed by atoms with Crippen LogP contribution in [0, 0.1) is 0 Å². The Kier molecular flexibility index (Phi) is 4.73. The molecule has 0 aromatic rings. The molecule has 70 valence electrons. The summed E-state index contributed by atoms with van der Waals surface area (Å²) < 4.78 is 14.7. The monoisotopic (exact) mass is 174 g/mol. The summed E-state index contributed by atoms with van der Waals surface area (Å²) in [6, 6.07) is 0. The van der Waals surface area contributed by atoms with Gasteiger partial charge in [0.2, 0.25) is 0 Å². The lowest BCUT2D eigenvalue weighted by molar-refractivity contribution is -0.349. The zero-order valence-corrected chi connectivity index (χ0v) is 7.62. The highest BCUT2D eigenvalue weighted by Gasteiger charge is 2.31. The third kappa shape index (κ3) is 2.73. The summed E-state index contributed by atoms with van der Waals surface area (Å²) >= 11 is 0. The highest BCUT2D eigenvalue weighted by atomic mass is 16.9. The van der Waals surface area contributed by atoms with Gasteiger partial charge in [-0.25, -0.2) is 0 Å². The number of carbonyl (C=O) groups excluding carboxylic acids is 1. The molecule has 0 rings (SSSR count). The van der Waals surface area contributed by atoms with Crippen molar-refractivity contribution in [2.24, 2.45) is 0 Å². The average molecular weight is 174 g/mol. The first-order chi connectivity index (χ1) is 5.64. The summed E-state index contributed by atoms with van der Waals surface area (Å²) in [7, 11) is 4.22. The predicted octanol–water partition coefficient (Wildman–Crippen LogP) is 0.725. The Labute approximate surface area is 72.1 Å². The van der Waals surface area contributed by atoms with Crippen molar-refractivity contribution in [2.45, 2.75) is 12.4 Å². The van der Waals surface area contributed by atoms with Gasteiger partial charge < -0.3 is 14.2 Å². The van der Waals surface area contributed by atoms with Gasteiger partial charge in [0, 0.05) is 21.3 Å². The van der Waals surface area contributed by atoms with Crippen LogP contribution < -0.4 is 0 Å². The lowest BCUT2D eigenvalue weighted by atomic mass is 10.2. The molecule has 0 spiro atoms. The van der Waals surface area contributed by atoms with E-state index in [1.165, 1.54) is 27.4 Å². The van der Waals surface area contributed by atoms with Gasteiger partial charge in [0.05, 0.1) is 6.42 Å². The molecule has 0 atom stereocenters. The smallest absolute Gasteiger partial charge is 0.289 e. The Morgan fingerprint density at radius 3 is 2.00 bits per heavy atom. The summed E-state index contributed by atoms with van der Waals surface area (Å²) in [5, 5.41) is 0. The van der Waals surface area contributed by atoms with E-state index in [1.54, 1.807) is 0 Å². The van der Waals surface area contributed by atoms with E-state index in [9.17, 15) is 4.79 Å². The molecule has 0 heterocycles. The number of ketones is 1. The molecule has 0 aromatic carbocycles. The van der Waals surface area contributed by atoms with Crippen LogP contribution in [-0.4, -0.2) is 33.1 Å². The van der Waals surface area contributed by atoms with Gasteiger partial charge in [0.15, 0.2) is 5.78 Å². The van der Waals surface area contributed by atoms with Gasteiger partial charge in [-0.2, -0.15) is 0 Å². The summed E-state index contributed by atoms with van der Waals surface area (Å²) in [6.07, 6.45) is 1.20. The van der Waals surface area contributed by atoms with Gasteiger partial charge in [0.1, 0.15) is 0 Å². The first-order valence-electron chi connectivity index (χ1n) is 3.45. The minimum Gasteiger partial charge on any atom is -0.330 e. The van der Waals surface area contributed by atoms with Crippen LogP contribution in [0.5, 0.6) is 0 Å². The van der Waals surface area contributed by atoms with E-state index in [-0.39, 0.29) is 12.2 Å². The molecule has 0 aliphatic carbocycles. The lowest BCUT2D eigenvalue weighted by Gasteiger charge is -2.27. The van der Waals surface area contributed by atoms with Crippen LogP contribution in [-0.2, 0) is 19.0 Å². The fourth-order valence-electron chi connectivity index (χ4n) is 0.752. The van der Waals surface area contributed by atoms with Gasteiger partial charge >= 0.3 is 0 Å². The zero-order chi connectivity index (χ0) is 9.61. The SMILES string of the molecule is C=CC(=O)CC(OC)(OC)OC. The first-order valence-corrected chi connectivity index (χ1v) is 3.45. The molecule has 4 nitrogen and oxygen atoms in total. The van der Waals surface area contributed by atoms with E-state index in [0.29, 0.717) is 0 Å². The number of hydrogen-bond acceptors (Lipinski definition) is 4. The van der Waals surface area contributed by atoms with Crippen LogP contribution in [0.15, 0.2) is 12.7 Å². The second-order valence-corrected chi connectivity index (χ2v) is 2.14. The highest BCUT2D eigenvalue weighted by Crippen LogP contribution is 2.17. The largest absolute Gasteiger partial charge is 0.330 e. The minimum absolute atomic E-state index is 0. The topological polar surface area (TPSA) is 44.8 Å². The van der Waals surface area contributed by atoms with Gasteiger partial charge in [-0.3, -0.25) is 4.79 Å². The van der Waals surface area contributed by atoms with Crippen molar-refractivity contribution in [3.05, 3.63) is 12.7 Å². The van der Waals surface area contributed by atoms with Crippen molar-refractivity contribution in [2.75, 3.05) is 21.3 Å². The molecule has 0 saturated carbocycles. The first kappa shape index (κ1) is 11.3. The second kappa shape index (κ2) is 5.03. The van der Waals surface area contributed by atoms with Crippen LogP contribution in [0.4, 0.5) is 0 Å². The Hall–Kier alpha value is -0.710. The minimum atomic E-state index is -1.27. The number of rotatable bonds is 6. The van der Waals surface area contributed by atoms with E-state index in [1.807, 2.05) is 0 Å². The second-order valence-electron chi connectivity index (χ2n) is 2.14. The Bertz CT molecular complexity index is 152. The molecule has 0 aliphatic rings. The van der Waals surface area contributed by atoms with E-state index >= 15 is 0 Å². The molecule has 0 saturated heterocycles. The zero-order valence-electron chi connectivity index (χ0n) is 7.62.